The lowest BCUT2D eigenvalue weighted by molar-refractivity contribution is -0.146. The number of nitrogens with zero attached hydrogens (tertiary/aromatic N) is 2. The maximum Gasteiger partial charge on any atom is 0.331 e. The maximum absolute atomic E-state index is 12.4. The Hall–Kier alpha value is -1.89. The number of hydrogen-bond donors (Lipinski definition) is 2. The highest BCUT2D eigenvalue weighted by Crippen LogP contribution is 2.23. The summed E-state index contributed by atoms with van der Waals surface area (Å²) in [4.78, 5) is 23.7. The summed E-state index contributed by atoms with van der Waals surface area (Å²) in [5.74, 6) is -1.20. The predicted octanol–water partition coefficient (Wildman–Crippen LogP) is 2.77. The molecule has 1 aliphatic rings. The third-order valence-electron chi connectivity index (χ3n) is 4.52. The summed E-state index contributed by atoms with van der Waals surface area (Å²) in [6.07, 6.45) is 8.79. The van der Waals surface area contributed by atoms with Crippen LogP contribution >= 0.6 is 0 Å². The van der Waals surface area contributed by atoms with E-state index < -0.39 is 17.6 Å². The zero-order valence-corrected chi connectivity index (χ0v) is 14.6. The van der Waals surface area contributed by atoms with Crippen LogP contribution in [-0.4, -0.2) is 39.0 Å². The third kappa shape index (κ3) is 4.35. The second-order valence-electron chi connectivity index (χ2n) is 6.82. The molecule has 1 aromatic rings. The lowest BCUT2D eigenvalue weighted by atomic mass is 9.97. The molecule has 1 fully saturated rings. The molecule has 7 nitrogen and oxygen atoms in total. The molecule has 1 amide bonds. The van der Waals surface area contributed by atoms with Gasteiger partial charge in [-0.2, -0.15) is 5.10 Å². The number of carbonyl (C=O) groups is 2. The van der Waals surface area contributed by atoms with E-state index in [1.54, 1.807) is 13.8 Å². The van der Waals surface area contributed by atoms with E-state index in [4.69, 9.17) is 4.74 Å². The van der Waals surface area contributed by atoms with Crippen molar-refractivity contribution in [2.75, 3.05) is 5.32 Å². The van der Waals surface area contributed by atoms with Gasteiger partial charge in [-0.05, 0) is 33.1 Å². The summed E-state index contributed by atoms with van der Waals surface area (Å²) in [7, 11) is 0. The standard InChI is InChI=1S/C17H27N3O4/c1-4-14(24-13-8-6-5-7-9-13)15(21)19-12-10-18-20(11-12)17(2,3)16(22)23/h10-11,13-14H,4-9H2,1-3H3,(H,19,21)(H,22,23). The summed E-state index contributed by atoms with van der Waals surface area (Å²) in [5.41, 5.74) is -0.703. The fourth-order valence-electron chi connectivity index (χ4n) is 2.79. The third-order valence-corrected chi connectivity index (χ3v) is 4.52. The summed E-state index contributed by atoms with van der Waals surface area (Å²) in [5, 5.41) is 16.0. The molecule has 0 saturated heterocycles. The molecule has 0 spiro atoms. The Labute approximate surface area is 142 Å². The monoisotopic (exact) mass is 337 g/mol. The first kappa shape index (κ1) is 18.4. The zero-order chi connectivity index (χ0) is 17.7. The SMILES string of the molecule is CCC(OC1CCCCC1)C(=O)Nc1cnn(C(C)(C)C(=O)O)c1. The number of anilines is 1. The van der Waals surface area contributed by atoms with Crippen LogP contribution in [0.4, 0.5) is 5.69 Å². The largest absolute Gasteiger partial charge is 0.479 e. The van der Waals surface area contributed by atoms with Gasteiger partial charge in [0.2, 0.25) is 0 Å². The number of hydrogen-bond acceptors (Lipinski definition) is 4. The van der Waals surface area contributed by atoms with Crippen molar-refractivity contribution >= 4 is 17.6 Å². The van der Waals surface area contributed by atoms with Crippen LogP contribution in [0.5, 0.6) is 0 Å². The summed E-state index contributed by atoms with van der Waals surface area (Å²) >= 11 is 0. The molecule has 1 aromatic heterocycles. The minimum Gasteiger partial charge on any atom is -0.479 e. The number of aromatic nitrogens is 2. The molecule has 0 radical (unpaired) electrons. The first-order valence-electron chi connectivity index (χ1n) is 8.59. The molecular weight excluding hydrogens is 310 g/mol. The highest BCUT2D eigenvalue weighted by molar-refractivity contribution is 5.94. The average molecular weight is 337 g/mol. The Morgan fingerprint density at radius 2 is 2.08 bits per heavy atom. The number of aliphatic carboxylic acids is 1. The summed E-state index contributed by atoms with van der Waals surface area (Å²) < 4.78 is 7.28. The number of carboxylic acids is 1. The van der Waals surface area contributed by atoms with E-state index in [1.807, 2.05) is 6.92 Å². The number of amides is 1. The normalized spacial score (nSPS) is 17.5. The van der Waals surface area contributed by atoms with Crippen LogP contribution in [0.2, 0.25) is 0 Å². The number of carboxylic acid groups (broad SMARTS) is 1. The van der Waals surface area contributed by atoms with Crippen molar-refractivity contribution < 1.29 is 19.4 Å². The van der Waals surface area contributed by atoms with Gasteiger partial charge in [0.1, 0.15) is 6.10 Å². The number of rotatable bonds is 7. The van der Waals surface area contributed by atoms with Crippen LogP contribution in [0.3, 0.4) is 0 Å². The van der Waals surface area contributed by atoms with Crippen LogP contribution in [0, 0.1) is 0 Å². The summed E-state index contributed by atoms with van der Waals surface area (Å²) in [6, 6.07) is 0. The quantitative estimate of drug-likeness (QED) is 0.798. The first-order chi connectivity index (χ1) is 11.3. The van der Waals surface area contributed by atoms with Crippen molar-refractivity contribution in [2.45, 2.75) is 77.0 Å². The molecule has 1 atom stereocenters. The molecule has 1 saturated carbocycles. The number of carbonyl (C=O) groups excluding carboxylic acids is 1. The Bertz CT molecular complexity index is 576. The van der Waals surface area contributed by atoms with Gasteiger partial charge in [-0.25, -0.2) is 4.79 Å². The van der Waals surface area contributed by atoms with Crippen molar-refractivity contribution in [3.63, 3.8) is 0 Å². The first-order valence-corrected chi connectivity index (χ1v) is 8.59. The Kier molecular flexibility index (Phi) is 5.99. The van der Waals surface area contributed by atoms with E-state index >= 15 is 0 Å². The minimum absolute atomic E-state index is 0.156. The fourth-order valence-corrected chi connectivity index (χ4v) is 2.79. The molecule has 2 rings (SSSR count). The van der Waals surface area contributed by atoms with Gasteiger partial charge in [-0.3, -0.25) is 9.48 Å². The minimum atomic E-state index is -1.17. The summed E-state index contributed by atoms with van der Waals surface area (Å²) in [6.45, 7) is 5.02. The number of nitrogens with one attached hydrogen (secondary N) is 1. The van der Waals surface area contributed by atoms with E-state index in [9.17, 15) is 14.7 Å². The Morgan fingerprint density at radius 1 is 1.42 bits per heavy atom. The van der Waals surface area contributed by atoms with Gasteiger partial charge in [0, 0.05) is 6.20 Å². The van der Waals surface area contributed by atoms with Crippen LogP contribution in [0.1, 0.15) is 59.3 Å². The van der Waals surface area contributed by atoms with Crippen LogP contribution < -0.4 is 5.32 Å². The van der Waals surface area contributed by atoms with Gasteiger partial charge < -0.3 is 15.2 Å². The van der Waals surface area contributed by atoms with Crippen molar-refractivity contribution in [1.29, 1.82) is 0 Å². The van der Waals surface area contributed by atoms with Crippen LogP contribution in [0.15, 0.2) is 12.4 Å². The van der Waals surface area contributed by atoms with Crippen molar-refractivity contribution in [2.24, 2.45) is 0 Å². The van der Waals surface area contributed by atoms with Crippen molar-refractivity contribution in [3.8, 4) is 0 Å². The maximum atomic E-state index is 12.4. The molecule has 1 unspecified atom stereocenters. The molecule has 1 heterocycles. The molecule has 24 heavy (non-hydrogen) atoms. The molecule has 0 bridgehead atoms. The topological polar surface area (TPSA) is 93.5 Å². The smallest absolute Gasteiger partial charge is 0.331 e. The lowest BCUT2D eigenvalue weighted by Gasteiger charge is -2.26. The lowest BCUT2D eigenvalue weighted by Crippen LogP contribution is -2.36. The molecule has 1 aliphatic carbocycles. The predicted molar refractivity (Wildman–Crippen MR) is 89.9 cm³/mol. The molecule has 2 N–H and O–H groups in total. The van der Waals surface area contributed by atoms with Gasteiger partial charge in [-0.15, -0.1) is 0 Å². The van der Waals surface area contributed by atoms with Crippen molar-refractivity contribution in [1.82, 2.24) is 9.78 Å². The average Bonchev–Trinajstić information content (AvgIpc) is 3.02. The number of ether oxygens (including phenoxy) is 1. The highest BCUT2D eigenvalue weighted by Gasteiger charge is 2.30. The zero-order valence-electron chi connectivity index (χ0n) is 14.6. The van der Waals surface area contributed by atoms with Gasteiger partial charge in [-0.1, -0.05) is 26.2 Å². The van der Waals surface area contributed by atoms with Gasteiger partial charge >= 0.3 is 5.97 Å². The molecule has 134 valence electrons. The van der Waals surface area contributed by atoms with E-state index in [1.165, 1.54) is 23.5 Å². The van der Waals surface area contributed by atoms with E-state index in [0.717, 1.165) is 25.7 Å². The molecule has 0 aliphatic heterocycles. The van der Waals surface area contributed by atoms with Crippen LogP contribution in [0.25, 0.3) is 0 Å². The highest BCUT2D eigenvalue weighted by atomic mass is 16.5. The van der Waals surface area contributed by atoms with E-state index in [0.29, 0.717) is 12.1 Å². The Balaban J connectivity index is 1.97. The molecular formula is C17H27N3O4. The fraction of sp³-hybridized carbons (Fsp3) is 0.706. The van der Waals surface area contributed by atoms with Crippen LogP contribution in [-0.2, 0) is 19.9 Å². The van der Waals surface area contributed by atoms with Gasteiger partial charge in [0.25, 0.3) is 5.91 Å². The molecule has 0 aromatic carbocycles. The van der Waals surface area contributed by atoms with Gasteiger partial charge in [0.05, 0.1) is 18.0 Å². The second-order valence-corrected chi connectivity index (χ2v) is 6.82. The molecule has 7 heteroatoms. The van der Waals surface area contributed by atoms with E-state index in [-0.39, 0.29) is 12.0 Å². The second kappa shape index (κ2) is 7.79. The van der Waals surface area contributed by atoms with Gasteiger partial charge in [0.15, 0.2) is 5.54 Å². The van der Waals surface area contributed by atoms with E-state index in [2.05, 4.69) is 10.4 Å². The van der Waals surface area contributed by atoms with Crippen molar-refractivity contribution in [3.05, 3.63) is 12.4 Å². The Morgan fingerprint density at radius 3 is 2.67 bits per heavy atom.